The van der Waals surface area contributed by atoms with E-state index in [1.165, 1.54) is 0 Å². The first-order valence-electron chi connectivity index (χ1n) is 7.48. The molecule has 0 atom stereocenters. The van der Waals surface area contributed by atoms with Gasteiger partial charge >= 0.3 is 0 Å². The summed E-state index contributed by atoms with van der Waals surface area (Å²) in [6, 6.07) is 14.9. The van der Waals surface area contributed by atoms with Gasteiger partial charge in [0.1, 0.15) is 18.1 Å². The zero-order valence-corrected chi connectivity index (χ0v) is 13.2. The second kappa shape index (κ2) is 8.63. The molecular formula is C19H21NO3. The summed E-state index contributed by atoms with van der Waals surface area (Å²) in [5.74, 6) is 1.42. The zero-order chi connectivity index (χ0) is 16.5. The number of allylic oxidation sites excluding steroid dienone is 1. The molecule has 1 amide bonds. The van der Waals surface area contributed by atoms with E-state index in [0.29, 0.717) is 25.1 Å². The molecule has 0 heterocycles. The Morgan fingerprint density at radius 1 is 1.22 bits per heavy atom. The number of hydrogen-bond acceptors (Lipinski definition) is 3. The molecule has 0 saturated carbocycles. The number of nitrogens with one attached hydrogen (secondary N) is 1. The standard InChI is InChI=1S/C19H21NO3/c1-3-7-15-14-16(10-11-18(15)22-2)19(21)20-12-13-23-17-8-5-4-6-9-17/h3-6,8-11,14H,1,7,12-13H2,2H3,(H,20,21). The van der Waals surface area contributed by atoms with Gasteiger partial charge in [-0.05, 0) is 42.3 Å². The molecule has 0 fully saturated rings. The Balaban J connectivity index is 1.87. The van der Waals surface area contributed by atoms with Gasteiger partial charge < -0.3 is 14.8 Å². The third-order valence-corrected chi connectivity index (χ3v) is 3.31. The zero-order valence-electron chi connectivity index (χ0n) is 13.2. The van der Waals surface area contributed by atoms with Gasteiger partial charge in [-0.3, -0.25) is 4.79 Å². The fourth-order valence-corrected chi connectivity index (χ4v) is 2.19. The molecule has 1 N–H and O–H groups in total. The predicted molar refractivity (Wildman–Crippen MR) is 91.2 cm³/mol. The van der Waals surface area contributed by atoms with Gasteiger partial charge in [0, 0.05) is 5.56 Å². The van der Waals surface area contributed by atoms with Crippen LogP contribution in [0.15, 0.2) is 61.2 Å². The summed E-state index contributed by atoms with van der Waals surface area (Å²) >= 11 is 0. The lowest BCUT2D eigenvalue weighted by Crippen LogP contribution is -2.28. The van der Waals surface area contributed by atoms with Gasteiger partial charge in [0.25, 0.3) is 5.91 Å². The quantitative estimate of drug-likeness (QED) is 0.601. The van der Waals surface area contributed by atoms with Crippen LogP contribution in [0.3, 0.4) is 0 Å². The summed E-state index contributed by atoms with van der Waals surface area (Å²) in [7, 11) is 1.61. The second-order valence-electron chi connectivity index (χ2n) is 4.94. The third-order valence-electron chi connectivity index (χ3n) is 3.31. The first kappa shape index (κ1) is 16.6. The van der Waals surface area contributed by atoms with E-state index in [2.05, 4.69) is 11.9 Å². The van der Waals surface area contributed by atoms with E-state index in [4.69, 9.17) is 9.47 Å². The molecule has 0 unspecified atom stereocenters. The number of amides is 1. The maximum atomic E-state index is 12.2. The largest absolute Gasteiger partial charge is 0.496 e. The van der Waals surface area contributed by atoms with Gasteiger partial charge in [0.05, 0.1) is 13.7 Å². The van der Waals surface area contributed by atoms with Crippen molar-refractivity contribution in [3.63, 3.8) is 0 Å². The topological polar surface area (TPSA) is 47.6 Å². The fraction of sp³-hybridized carbons (Fsp3) is 0.211. The van der Waals surface area contributed by atoms with Crippen molar-refractivity contribution in [3.8, 4) is 11.5 Å². The van der Waals surface area contributed by atoms with Crippen LogP contribution in [0.5, 0.6) is 11.5 Å². The molecule has 0 bridgehead atoms. The highest BCUT2D eigenvalue weighted by Crippen LogP contribution is 2.20. The van der Waals surface area contributed by atoms with Crippen molar-refractivity contribution in [1.82, 2.24) is 5.32 Å². The van der Waals surface area contributed by atoms with Crippen molar-refractivity contribution < 1.29 is 14.3 Å². The molecule has 0 aliphatic rings. The minimum absolute atomic E-state index is 0.130. The molecule has 0 aromatic heterocycles. The first-order chi connectivity index (χ1) is 11.2. The van der Waals surface area contributed by atoms with Crippen LogP contribution in [-0.4, -0.2) is 26.2 Å². The van der Waals surface area contributed by atoms with E-state index in [1.54, 1.807) is 25.3 Å². The smallest absolute Gasteiger partial charge is 0.251 e. The molecule has 23 heavy (non-hydrogen) atoms. The van der Waals surface area contributed by atoms with Gasteiger partial charge in [-0.15, -0.1) is 6.58 Å². The van der Waals surface area contributed by atoms with E-state index < -0.39 is 0 Å². The van der Waals surface area contributed by atoms with Crippen molar-refractivity contribution in [2.24, 2.45) is 0 Å². The molecule has 4 heteroatoms. The summed E-state index contributed by atoms with van der Waals surface area (Å²) in [5, 5.41) is 2.85. The lowest BCUT2D eigenvalue weighted by Gasteiger charge is -2.10. The highest BCUT2D eigenvalue weighted by molar-refractivity contribution is 5.94. The van der Waals surface area contributed by atoms with E-state index in [0.717, 1.165) is 17.1 Å². The van der Waals surface area contributed by atoms with Crippen LogP contribution in [0, 0.1) is 0 Å². The summed E-state index contributed by atoms with van der Waals surface area (Å²) in [5.41, 5.74) is 1.54. The lowest BCUT2D eigenvalue weighted by atomic mass is 10.1. The van der Waals surface area contributed by atoms with E-state index in [9.17, 15) is 4.79 Å². The van der Waals surface area contributed by atoms with Crippen molar-refractivity contribution in [3.05, 3.63) is 72.3 Å². The summed E-state index contributed by atoms with van der Waals surface area (Å²) in [6.45, 7) is 4.59. The molecule has 0 saturated heterocycles. The molecule has 2 aromatic carbocycles. The maximum absolute atomic E-state index is 12.2. The highest BCUT2D eigenvalue weighted by atomic mass is 16.5. The summed E-state index contributed by atoms with van der Waals surface area (Å²) in [6.07, 6.45) is 2.44. The Morgan fingerprint density at radius 2 is 2.00 bits per heavy atom. The normalized spacial score (nSPS) is 9.96. The molecule has 0 aliphatic heterocycles. The van der Waals surface area contributed by atoms with Crippen LogP contribution in [-0.2, 0) is 6.42 Å². The number of para-hydroxylation sites is 1. The third kappa shape index (κ3) is 4.88. The Kier molecular flexibility index (Phi) is 6.24. The number of ether oxygens (including phenoxy) is 2. The van der Waals surface area contributed by atoms with E-state index in [-0.39, 0.29) is 5.91 Å². The van der Waals surface area contributed by atoms with Gasteiger partial charge in [0.2, 0.25) is 0 Å². The number of hydrogen-bond donors (Lipinski definition) is 1. The molecule has 2 rings (SSSR count). The predicted octanol–water partition coefficient (Wildman–Crippen LogP) is 3.23. The Hall–Kier alpha value is -2.75. The average Bonchev–Trinajstić information content (AvgIpc) is 2.59. The number of methoxy groups -OCH3 is 1. The number of carbonyl (C=O) groups excluding carboxylic acids is 1. The first-order valence-corrected chi connectivity index (χ1v) is 7.48. The van der Waals surface area contributed by atoms with Crippen molar-refractivity contribution in [2.45, 2.75) is 6.42 Å². The molecule has 0 spiro atoms. The molecule has 0 radical (unpaired) electrons. The maximum Gasteiger partial charge on any atom is 0.251 e. The Bertz CT molecular complexity index is 653. The van der Waals surface area contributed by atoms with Crippen molar-refractivity contribution >= 4 is 5.91 Å². The molecule has 2 aromatic rings. The van der Waals surface area contributed by atoms with Crippen LogP contribution in [0.1, 0.15) is 15.9 Å². The lowest BCUT2D eigenvalue weighted by molar-refractivity contribution is 0.0947. The molecule has 4 nitrogen and oxygen atoms in total. The van der Waals surface area contributed by atoms with Crippen molar-refractivity contribution in [2.75, 3.05) is 20.3 Å². The molecule has 0 aliphatic carbocycles. The monoisotopic (exact) mass is 311 g/mol. The minimum Gasteiger partial charge on any atom is -0.496 e. The summed E-state index contributed by atoms with van der Waals surface area (Å²) < 4.78 is 10.8. The van der Waals surface area contributed by atoms with E-state index >= 15 is 0 Å². The van der Waals surface area contributed by atoms with Crippen LogP contribution >= 0.6 is 0 Å². The summed E-state index contributed by atoms with van der Waals surface area (Å²) in [4.78, 5) is 12.2. The minimum atomic E-state index is -0.130. The average molecular weight is 311 g/mol. The number of rotatable bonds is 8. The second-order valence-corrected chi connectivity index (χ2v) is 4.94. The SMILES string of the molecule is C=CCc1cc(C(=O)NCCOc2ccccc2)ccc1OC. The van der Waals surface area contributed by atoms with Crippen LogP contribution in [0.4, 0.5) is 0 Å². The van der Waals surface area contributed by atoms with E-state index in [1.807, 2.05) is 36.4 Å². The van der Waals surface area contributed by atoms with Gasteiger partial charge in [-0.25, -0.2) is 0 Å². The van der Waals surface area contributed by atoms with Crippen molar-refractivity contribution in [1.29, 1.82) is 0 Å². The molecular weight excluding hydrogens is 290 g/mol. The number of benzene rings is 2. The highest BCUT2D eigenvalue weighted by Gasteiger charge is 2.09. The van der Waals surface area contributed by atoms with Gasteiger partial charge in [-0.2, -0.15) is 0 Å². The fourth-order valence-electron chi connectivity index (χ4n) is 2.19. The van der Waals surface area contributed by atoms with Crippen LogP contribution < -0.4 is 14.8 Å². The Labute approximate surface area is 136 Å². The van der Waals surface area contributed by atoms with Crippen LogP contribution in [0.25, 0.3) is 0 Å². The van der Waals surface area contributed by atoms with Gasteiger partial charge in [-0.1, -0.05) is 24.3 Å². The van der Waals surface area contributed by atoms with Gasteiger partial charge in [0.15, 0.2) is 0 Å². The molecule has 120 valence electrons. The van der Waals surface area contributed by atoms with Crippen LogP contribution in [0.2, 0.25) is 0 Å². The Morgan fingerprint density at radius 3 is 2.70 bits per heavy atom. The number of carbonyl (C=O) groups is 1.